The molecular weight excluding hydrogens is 107 g/mol. The van der Waals surface area contributed by atoms with Crippen LogP contribution in [0.2, 0.25) is 0 Å². The summed E-state index contributed by atoms with van der Waals surface area (Å²) in [6, 6.07) is 0. The van der Waals surface area contributed by atoms with E-state index < -0.39 is 0 Å². The van der Waals surface area contributed by atoms with Gasteiger partial charge in [0.25, 0.3) is 0 Å². The smallest absolute Gasteiger partial charge is 0.359 e. The number of nitrogens with zero attached hydrogens (tertiary/aromatic N) is 2. The van der Waals surface area contributed by atoms with E-state index in [9.17, 15) is 0 Å². The maximum absolute atomic E-state index is 4.03. The van der Waals surface area contributed by atoms with Crippen molar-refractivity contribution in [3.05, 3.63) is 6.92 Å². The average Bonchev–Trinajstić information content (AvgIpc) is 1.65. The van der Waals surface area contributed by atoms with Gasteiger partial charge in [-0.15, -0.1) is 5.71 Å². The summed E-state index contributed by atoms with van der Waals surface area (Å²) in [5.41, 5.74) is 0.926. The summed E-state index contributed by atoms with van der Waals surface area (Å²) >= 11 is 0. The van der Waals surface area contributed by atoms with Crippen LogP contribution < -0.4 is 18.9 Å². The van der Waals surface area contributed by atoms with Crippen molar-refractivity contribution in [3.8, 4) is 0 Å². The number of hydrogen-bond donors (Lipinski definition) is 0. The van der Waals surface area contributed by atoms with Crippen LogP contribution in [0.4, 0.5) is 0 Å². The van der Waals surface area contributed by atoms with E-state index in [2.05, 4.69) is 12.0 Å². The van der Waals surface area contributed by atoms with E-state index in [-0.39, 0.29) is 18.9 Å². The van der Waals surface area contributed by atoms with E-state index in [1.165, 1.54) is 0 Å². The first kappa shape index (κ1) is 11.7. The molecule has 0 radical (unpaired) electrons. The van der Waals surface area contributed by atoms with E-state index in [0.717, 1.165) is 12.1 Å². The van der Waals surface area contributed by atoms with Gasteiger partial charge in [-0.25, -0.2) is 5.10 Å². The van der Waals surface area contributed by atoms with Gasteiger partial charge in [0, 0.05) is 14.1 Å². The largest absolute Gasteiger partial charge is 1.00 e. The molecule has 9 heavy (non-hydrogen) atoms. The molecule has 0 spiro atoms. The van der Waals surface area contributed by atoms with Crippen LogP contribution in [0.3, 0.4) is 0 Å². The molecule has 0 aliphatic heterocycles. The summed E-state index contributed by atoms with van der Waals surface area (Å²) in [7, 11) is 3.78. The van der Waals surface area contributed by atoms with Crippen molar-refractivity contribution in [1.82, 2.24) is 5.01 Å². The third kappa shape index (κ3) is 7.94. The predicted octanol–water partition coefficient (Wildman–Crippen LogP) is -1.85. The zero-order chi connectivity index (χ0) is 6.57. The first-order valence-electron chi connectivity index (χ1n) is 2.73. The van der Waals surface area contributed by atoms with Gasteiger partial charge in [0.05, 0.1) is 0 Å². The Morgan fingerprint density at radius 1 is 1.56 bits per heavy atom. The molecule has 0 rings (SSSR count). The van der Waals surface area contributed by atoms with Crippen molar-refractivity contribution in [1.29, 1.82) is 0 Å². The molecule has 0 bridgehead atoms. The first-order valence-corrected chi connectivity index (χ1v) is 2.73. The van der Waals surface area contributed by atoms with Crippen LogP contribution in [-0.4, -0.2) is 24.8 Å². The van der Waals surface area contributed by atoms with Crippen LogP contribution in [0.25, 0.3) is 0 Å². The van der Waals surface area contributed by atoms with E-state index in [1.54, 1.807) is 5.01 Å². The van der Waals surface area contributed by atoms with Gasteiger partial charge in [-0.2, -0.15) is 0 Å². The summed E-state index contributed by atoms with van der Waals surface area (Å²) in [6.45, 7) is 5.74. The molecule has 0 fully saturated rings. The topological polar surface area (TPSA) is 15.6 Å². The molecule has 0 unspecified atom stereocenters. The van der Waals surface area contributed by atoms with Crippen LogP contribution in [0.5, 0.6) is 0 Å². The second-order valence-corrected chi connectivity index (χ2v) is 1.87. The standard InChI is InChI=1S/C6H13N2.Li/c1-5-6(2)7-8(3)4;/h2,5H2,1,3-4H3;/q-1;+1/b7-6+;. The molecule has 0 saturated carbocycles. The molecule has 0 aliphatic carbocycles. The molecule has 0 aromatic rings. The first-order chi connectivity index (χ1) is 3.66. The van der Waals surface area contributed by atoms with E-state index >= 15 is 0 Å². The number of hydrogen-bond acceptors (Lipinski definition) is 2. The summed E-state index contributed by atoms with van der Waals surface area (Å²) in [5.74, 6) is 0. The molecule has 0 atom stereocenters. The quantitative estimate of drug-likeness (QED) is 0.181. The van der Waals surface area contributed by atoms with Gasteiger partial charge in [0.2, 0.25) is 0 Å². The van der Waals surface area contributed by atoms with Gasteiger partial charge in [0.15, 0.2) is 0 Å². The third-order valence-electron chi connectivity index (χ3n) is 0.750. The molecule has 48 valence electrons. The summed E-state index contributed by atoms with van der Waals surface area (Å²) in [6.07, 6.45) is 0.929. The van der Waals surface area contributed by atoms with E-state index in [4.69, 9.17) is 0 Å². The molecule has 0 amide bonds. The maximum atomic E-state index is 4.03. The van der Waals surface area contributed by atoms with Crippen LogP contribution in [0.1, 0.15) is 13.3 Å². The number of rotatable bonds is 2. The summed E-state index contributed by atoms with van der Waals surface area (Å²) < 4.78 is 0. The molecule has 0 aromatic carbocycles. The molecule has 0 N–H and O–H groups in total. The fraction of sp³-hybridized carbons (Fsp3) is 0.667. The van der Waals surface area contributed by atoms with Crippen molar-refractivity contribution in [2.24, 2.45) is 5.10 Å². The second-order valence-electron chi connectivity index (χ2n) is 1.87. The minimum Gasteiger partial charge on any atom is -0.359 e. The molecule has 0 saturated heterocycles. The Bertz CT molecular complexity index is 89.1. The molecule has 3 heteroatoms. The van der Waals surface area contributed by atoms with Crippen molar-refractivity contribution in [2.75, 3.05) is 14.1 Å². The monoisotopic (exact) mass is 120 g/mol. The van der Waals surface area contributed by atoms with Crippen molar-refractivity contribution in [2.45, 2.75) is 13.3 Å². The van der Waals surface area contributed by atoms with Crippen molar-refractivity contribution in [3.63, 3.8) is 0 Å². The van der Waals surface area contributed by atoms with Gasteiger partial charge in [-0.1, -0.05) is 6.92 Å². The van der Waals surface area contributed by atoms with Crippen LogP contribution in [0.15, 0.2) is 5.10 Å². The Hall–Kier alpha value is -0.0626. The van der Waals surface area contributed by atoms with Gasteiger partial charge in [-0.3, -0.25) is 0 Å². The fourth-order valence-electron chi connectivity index (χ4n) is 0.354. The molecule has 0 heterocycles. The minimum absolute atomic E-state index is 0. The Morgan fingerprint density at radius 2 is 2.00 bits per heavy atom. The maximum Gasteiger partial charge on any atom is 1.00 e. The predicted molar refractivity (Wildman–Crippen MR) is 36.8 cm³/mol. The zero-order valence-electron chi connectivity index (χ0n) is 6.81. The van der Waals surface area contributed by atoms with Gasteiger partial charge in [-0.05, 0) is 6.42 Å². The average molecular weight is 120 g/mol. The number of hydrazone groups is 1. The summed E-state index contributed by atoms with van der Waals surface area (Å²) in [4.78, 5) is 0. The van der Waals surface area contributed by atoms with E-state index in [0.29, 0.717) is 0 Å². The van der Waals surface area contributed by atoms with Gasteiger partial charge < -0.3 is 11.9 Å². The fourth-order valence-corrected chi connectivity index (χ4v) is 0.354. The SMILES string of the molecule is [CH2-]/C(CC)=N\N(C)C.[Li+]. The molecule has 2 nitrogen and oxygen atoms in total. The minimum atomic E-state index is 0. The molecule has 0 aliphatic rings. The Labute approximate surface area is 69.5 Å². The Kier molecular flexibility index (Phi) is 7.88. The Balaban J connectivity index is 0. The van der Waals surface area contributed by atoms with Crippen LogP contribution in [0, 0.1) is 6.92 Å². The molecule has 0 aromatic heterocycles. The van der Waals surface area contributed by atoms with Crippen LogP contribution in [-0.2, 0) is 0 Å². The van der Waals surface area contributed by atoms with E-state index in [1.807, 2.05) is 21.0 Å². The van der Waals surface area contributed by atoms with Crippen molar-refractivity contribution < 1.29 is 18.9 Å². The van der Waals surface area contributed by atoms with Crippen molar-refractivity contribution >= 4 is 5.71 Å². The second kappa shape index (κ2) is 6.06. The van der Waals surface area contributed by atoms with Gasteiger partial charge in [0.1, 0.15) is 0 Å². The summed E-state index contributed by atoms with van der Waals surface area (Å²) in [5, 5.41) is 5.79. The molecular formula is C6H13LiN2. The van der Waals surface area contributed by atoms with Crippen LogP contribution >= 0.6 is 0 Å². The normalized spacial score (nSPS) is 10.3. The van der Waals surface area contributed by atoms with Gasteiger partial charge >= 0.3 is 18.9 Å². The zero-order valence-corrected chi connectivity index (χ0v) is 6.81. The third-order valence-corrected chi connectivity index (χ3v) is 0.750. The Morgan fingerprint density at radius 3 is 2.11 bits per heavy atom.